The Morgan fingerprint density at radius 3 is 1.15 bits per heavy atom. The van der Waals surface area contributed by atoms with E-state index in [1.807, 2.05) is 12.1 Å². The van der Waals surface area contributed by atoms with E-state index in [2.05, 4.69) is 67.5 Å². The van der Waals surface area contributed by atoms with Crippen LogP contribution in [-0.2, 0) is 10.8 Å². The lowest BCUT2D eigenvalue weighted by Crippen LogP contribution is -2.55. The number of ether oxygens (including phenoxy) is 6. The molecule has 2 aliphatic heterocycles. The van der Waals surface area contributed by atoms with Gasteiger partial charge in [0.1, 0.15) is 11.5 Å². The van der Waals surface area contributed by atoms with Crippen molar-refractivity contribution < 1.29 is 28.4 Å². The van der Waals surface area contributed by atoms with Crippen LogP contribution in [0.3, 0.4) is 0 Å². The van der Waals surface area contributed by atoms with Crippen LogP contribution in [0.25, 0.3) is 0 Å². The molecule has 0 saturated heterocycles. The maximum Gasteiger partial charge on any atom is 0.252 e. The van der Waals surface area contributed by atoms with Crippen molar-refractivity contribution in [3.8, 4) is 34.5 Å². The van der Waals surface area contributed by atoms with Gasteiger partial charge in [-0.1, -0.05) is 55.4 Å². The van der Waals surface area contributed by atoms with Crippen molar-refractivity contribution >= 4 is 0 Å². The van der Waals surface area contributed by atoms with Crippen LogP contribution in [-0.4, -0.2) is 32.2 Å². The van der Waals surface area contributed by atoms with E-state index in [9.17, 15) is 0 Å². The molecule has 0 saturated carbocycles. The Hall–Kier alpha value is -2.76. The maximum absolute atomic E-state index is 6.85. The van der Waals surface area contributed by atoms with Gasteiger partial charge in [-0.15, -0.1) is 0 Å². The van der Waals surface area contributed by atoms with Crippen LogP contribution in [0.4, 0.5) is 0 Å². The van der Waals surface area contributed by atoms with Gasteiger partial charge in [0.15, 0.2) is 23.0 Å². The molecule has 1 spiro atoms. The fourth-order valence-corrected chi connectivity index (χ4v) is 5.77. The van der Waals surface area contributed by atoms with Crippen LogP contribution < -0.4 is 28.4 Å². The van der Waals surface area contributed by atoms with Crippen LogP contribution in [0.1, 0.15) is 105 Å². The Bertz CT molecular complexity index is 1050. The molecule has 0 radical (unpaired) electrons. The van der Waals surface area contributed by atoms with E-state index in [1.165, 1.54) is 0 Å². The predicted molar refractivity (Wildman–Crippen MR) is 155 cm³/mol. The minimum absolute atomic E-state index is 0.208. The summed E-state index contributed by atoms with van der Waals surface area (Å²) < 4.78 is 38.1. The number of hydrogen-bond donors (Lipinski definition) is 0. The average molecular weight is 541 g/mol. The van der Waals surface area contributed by atoms with Crippen LogP contribution in [0, 0.1) is 0 Å². The first-order chi connectivity index (χ1) is 18.6. The Balaban J connectivity index is 1.75. The van der Waals surface area contributed by atoms with E-state index in [0.717, 1.165) is 71.3 Å². The molecule has 39 heavy (non-hydrogen) atoms. The summed E-state index contributed by atoms with van der Waals surface area (Å²) in [5.41, 5.74) is 1.82. The molecular weight excluding hydrogens is 492 g/mol. The van der Waals surface area contributed by atoms with Crippen LogP contribution in [0.15, 0.2) is 24.3 Å². The number of fused-ring (bicyclic) bond motifs is 2. The molecule has 0 bridgehead atoms. The molecule has 0 unspecified atom stereocenters. The smallest absolute Gasteiger partial charge is 0.252 e. The van der Waals surface area contributed by atoms with Crippen molar-refractivity contribution in [3.05, 3.63) is 35.4 Å². The van der Waals surface area contributed by atoms with Gasteiger partial charge in [-0.3, -0.25) is 0 Å². The van der Waals surface area contributed by atoms with Crippen molar-refractivity contribution in [1.82, 2.24) is 0 Å². The van der Waals surface area contributed by atoms with Gasteiger partial charge in [0.25, 0.3) is 5.79 Å². The molecule has 0 atom stereocenters. The third kappa shape index (κ3) is 6.20. The summed E-state index contributed by atoms with van der Waals surface area (Å²) in [6.07, 6.45) is 5.12. The van der Waals surface area contributed by atoms with Crippen molar-refractivity contribution in [3.63, 3.8) is 0 Å². The second-order valence-electron chi connectivity index (χ2n) is 12.2. The van der Waals surface area contributed by atoms with Crippen molar-refractivity contribution in [1.29, 1.82) is 0 Å². The third-order valence-electron chi connectivity index (χ3n) is 7.41. The molecule has 0 amide bonds. The summed E-state index contributed by atoms with van der Waals surface area (Å²) in [5, 5.41) is 0. The van der Waals surface area contributed by atoms with Crippen LogP contribution in [0.2, 0.25) is 0 Å². The van der Waals surface area contributed by atoms with Gasteiger partial charge in [0, 0.05) is 46.9 Å². The Morgan fingerprint density at radius 2 is 0.846 bits per heavy atom. The summed E-state index contributed by atoms with van der Waals surface area (Å²) in [7, 11) is 0. The molecule has 0 N–H and O–H groups in total. The van der Waals surface area contributed by atoms with E-state index >= 15 is 0 Å². The van der Waals surface area contributed by atoms with E-state index < -0.39 is 5.79 Å². The maximum atomic E-state index is 6.85. The van der Waals surface area contributed by atoms with Crippen molar-refractivity contribution in [2.24, 2.45) is 0 Å². The normalized spacial score (nSPS) is 17.8. The van der Waals surface area contributed by atoms with E-state index in [0.29, 0.717) is 39.3 Å². The van der Waals surface area contributed by atoms with Crippen molar-refractivity contribution in [2.75, 3.05) is 26.4 Å². The number of benzene rings is 2. The second kappa shape index (κ2) is 11.8. The largest absolute Gasteiger partial charge is 0.490 e. The molecule has 2 heterocycles. The summed E-state index contributed by atoms with van der Waals surface area (Å²) in [4.78, 5) is 0. The Morgan fingerprint density at radius 1 is 0.538 bits per heavy atom. The molecule has 0 aliphatic carbocycles. The highest BCUT2D eigenvalue weighted by molar-refractivity contribution is 5.57. The zero-order valence-corrected chi connectivity index (χ0v) is 25.3. The second-order valence-corrected chi connectivity index (χ2v) is 12.2. The minimum atomic E-state index is -0.825. The molecule has 0 aromatic heterocycles. The van der Waals surface area contributed by atoms with Gasteiger partial charge in [-0.25, -0.2) is 0 Å². The van der Waals surface area contributed by atoms with Gasteiger partial charge in [0.2, 0.25) is 0 Å². The standard InChI is InChI=1S/C33H48O6/c1-9-13-34-27-17-23-25(19-29(27)36-15-11-3)38-33(21-31(23,5)6)22-32(7,8)24-18-28(35-14-10-2)30(37-16-12-4)20-26(24)39-33/h17-20H,9-16,21-22H2,1-8H3. The third-order valence-corrected chi connectivity index (χ3v) is 7.41. The summed E-state index contributed by atoms with van der Waals surface area (Å²) in [6, 6.07) is 8.22. The van der Waals surface area contributed by atoms with Crippen LogP contribution >= 0.6 is 0 Å². The van der Waals surface area contributed by atoms with Crippen molar-refractivity contribution in [2.45, 2.75) is 111 Å². The lowest BCUT2D eigenvalue weighted by atomic mass is 9.69. The average Bonchev–Trinajstić information content (AvgIpc) is 2.87. The topological polar surface area (TPSA) is 55.4 Å². The predicted octanol–water partition coefficient (Wildman–Crippen LogP) is 8.36. The van der Waals surface area contributed by atoms with Gasteiger partial charge in [0.05, 0.1) is 26.4 Å². The van der Waals surface area contributed by atoms with Gasteiger partial charge in [-0.05, 0) is 37.8 Å². The summed E-state index contributed by atoms with van der Waals surface area (Å²) in [6.45, 7) is 20.0. The fraction of sp³-hybridized carbons (Fsp3) is 0.636. The lowest BCUT2D eigenvalue weighted by molar-refractivity contribution is -0.166. The summed E-state index contributed by atoms with van der Waals surface area (Å²) in [5.74, 6) is 3.78. The Kier molecular flexibility index (Phi) is 8.82. The molecule has 4 rings (SSSR count). The van der Waals surface area contributed by atoms with Gasteiger partial charge < -0.3 is 28.4 Å². The first-order valence-electron chi connectivity index (χ1n) is 14.8. The highest BCUT2D eigenvalue weighted by Crippen LogP contribution is 2.56. The minimum Gasteiger partial charge on any atom is -0.490 e. The zero-order valence-electron chi connectivity index (χ0n) is 25.3. The molecule has 6 heteroatoms. The SMILES string of the molecule is CCCOc1cc2c(cc1OCCC)C(C)(C)CC1(CC(C)(C)c3cc(OCCC)c(OCCC)cc3O1)O2. The van der Waals surface area contributed by atoms with Crippen LogP contribution in [0.5, 0.6) is 34.5 Å². The molecule has 2 aromatic carbocycles. The highest BCUT2D eigenvalue weighted by Gasteiger charge is 2.53. The van der Waals surface area contributed by atoms with Gasteiger partial charge >= 0.3 is 0 Å². The number of rotatable bonds is 12. The molecule has 2 aliphatic rings. The summed E-state index contributed by atoms with van der Waals surface area (Å²) >= 11 is 0. The quantitative estimate of drug-likeness (QED) is 0.270. The van der Waals surface area contributed by atoms with Gasteiger partial charge in [-0.2, -0.15) is 0 Å². The van der Waals surface area contributed by atoms with E-state index in [4.69, 9.17) is 28.4 Å². The number of hydrogen-bond acceptors (Lipinski definition) is 6. The highest BCUT2D eigenvalue weighted by atomic mass is 16.7. The fourth-order valence-electron chi connectivity index (χ4n) is 5.77. The zero-order chi connectivity index (χ0) is 28.3. The first-order valence-corrected chi connectivity index (χ1v) is 14.8. The van der Waals surface area contributed by atoms with E-state index in [-0.39, 0.29) is 10.8 Å². The molecular formula is C33H48O6. The molecule has 2 aromatic rings. The first kappa shape index (κ1) is 29.2. The monoisotopic (exact) mass is 540 g/mol. The Labute approximate surface area is 235 Å². The van der Waals surface area contributed by atoms with E-state index in [1.54, 1.807) is 0 Å². The molecule has 6 nitrogen and oxygen atoms in total. The molecule has 216 valence electrons. The lowest BCUT2D eigenvalue weighted by Gasteiger charge is -2.51. The molecule has 0 fully saturated rings.